The van der Waals surface area contributed by atoms with Gasteiger partial charge in [0.25, 0.3) is 0 Å². The van der Waals surface area contributed by atoms with Crippen LogP contribution in [0.5, 0.6) is 23.0 Å². The third kappa shape index (κ3) is 6.71. The van der Waals surface area contributed by atoms with E-state index in [1.807, 2.05) is 38.1 Å². The normalized spacial score (nSPS) is 10.6. The van der Waals surface area contributed by atoms with Crippen LogP contribution in [-0.2, 0) is 11.2 Å². The molecule has 0 radical (unpaired) electrons. The van der Waals surface area contributed by atoms with Gasteiger partial charge >= 0.3 is 0 Å². The third-order valence-electron chi connectivity index (χ3n) is 3.94. The summed E-state index contributed by atoms with van der Waals surface area (Å²) in [7, 11) is 3.12. The maximum atomic E-state index is 12.2. The first-order valence-electron chi connectivity index (χ1n) is 9.53. The molecule has 0 saturated heterocycles. The smallest absolute Gasteiger partial charge is 0.244 e. The van der Waals surface area contributed by atoms with Crippen molar-refractivity contribution in [2.75, 3.05) is 27.4 Å². The Morgan fingerprint density at radius 1 is 0.966 bits per heavy atom. The van der Waals surface area contributed by atoms with Crippen LogP contribution in [0.2, 0.25) is 0 Å². The number of amides is 1. The van der Waals surface area contributed by atoms with E-state index < -0.39 is 0 Å². The number of hydrogen-bond donors (Lipinski definition) is 1. The van der Waals surface area contributed by atoms with Crippen molar-refractivity contribution >= 4 is 12.1 Å². The van der Waals surface area contributed by atoms with E-state index in [2.05, 4.69) is 10.5 Å². The molecule has 2 rings (SSSR count). The van der Waals surface area contributed by atoms with E-state index in [0.29, 0.717) is 36.2 Å². The van der Waals surface area contributed by atoms with Gasteiger partial charge in [0.2, 0.25) is 5.91 Å². The van der Waals surface area contributed by atoms with Crippen molar-refractivity contribution in [3.05, 3.63) is 47.5 Å². The largest absolute Gasteiger partial charge is 0.493 e. The van der Waals surface area contributed by atoms with E-state index in [0.717, 1.165) is 17.5 Å². The molecule has 0 unspecified atom stereocenters. The van der Waals surface area contributed by atoms with Gasteiger partial charge in [-0.15, -0.1) is 0 Å². The Morgan fingerprint density at radius 2 is 1.72 bits per heavy atom. The SMILES string of the molecule is CCCOc1ccc(/C=N/NC(=O)Cc2ccc(OC)c(OC)c2)cc1OCC. The first kappa shape index (κ1) is 22.1. The zero-order chi connectivity index (χ0) is 21.1. The third-order valence-corrected chi connectivity index (χ3v) is 3.94. The maximum Gasteiger partial charge on any atom is 0.244 e. The van der Waals surface area contributed by atoms with Gasteiger partial charge in [-0.3, -0.25) is 4.79 Å². The molecule has 7 nitrogen and oxygen atoms in total. The molecule has 0 aliphatic heterocycles. The highest BCUT2D eigenvalue weighted by Gasteiger charge is 2.08. The van der Waals surface area contributed by atoms with Gasteiger partial charge in [0.1, 0.15) is 0 Å². The second kappa shape index (κ2) is 11.6. The molecular formula is C22H28N2O5. The summed E-state index contributed by atoms with van der Waals surface area (Å²) in [6.07, 6.45) is 2.66. The Kier molecular flexibility index (Phi) is 8.82. The van der Waals surface area contributed by atoms with Crippen LogP contribution in [0, 0.1) is 0 Å². The summed E-state index contributed by atoms with van der Waals surface area (Å²) < 4.78 is 21.8. The highest BCUT2D eigenvalue weighted by Crippen LogP contribution is 2.28. The van der Waals surface area contributed by atoms with Crippen molar-refractivity contribution in [1.29, 1.82) is 0 Å². The molecule has 2 aromatic carbocycles. The van der Waals surface area contributed by atoms with Crippen LogP contribution in [-0.4, -0.2) is 39.6 Å². The van der Waals surface area contributed by atoms with Crippen LogP contribution in [0.15, 0.2) is 41.5 Å². The zero-order valence-corrected chi connectivity index (χ0v) is 17.4. The molecule has 0 aliphatic rings. The lowest BCUT2D eigenvalue weighted by Crippen LogP contribution is -2.19. The Bertz CT molecular complexity index is 836. The summed E-state index contributed by atoms with van der Waals surface area (Å²) in [4.78, 5) is 12.2. The zero-order valence-electron chi connectivity index (χ0n) is 17.4. The monoisotopic (exact) mass is 400 g/mol. The number of methoxy groups -OCH3 is 2. The molecule has 0 aromatic heterocycles. The topological polar surface area (TPSA) is 78.4 Å². The van der Waals surface area contributed by atoms with E-state index in [-0.39, 0.29) is 12.3 Å². The molecule has 0 atom stereocenters. The number of ether oxygens (including phenoxy) is 4. The van der Waals surface area contributed by atoms with Gasteiger partial charge in [-0.1, -0.05) is 13.0 Å². The van der Waals surface area contributed by atoms with Crippen LogP contribution in [0.3, 0.4) is 0 Å². The average Bonchev–Trinajstić information content (AvgIpc) is 2.73. The Labute approximate surface area is 171 Å². The molecule has 0 bridgehead atoms. The van der Waals surface area contributed by atoms with Crippen LogP contribution in [0.4, 0.5) is 0 Å². The summed E-state index contributed by atoms with van der Waals surface area (Å²) in [6.45, 7) is 5.12. The van der Waals surface area contributed by atoms with E-state index >= 15 is 0 Å². The van der Waals surface area contributed by atoms with Gasteiger partial charge < -0.3 is 18.9 Å². The number of hydrazone groups is 1. The molecule has 1 amide bonds. The first-order chi connectivity index (χ1) is 14.1. The van der Waals surface area contributed by atoms with Crippen molar-refractivity contribution in [1.82, 2.24) is 5.43 Å². The molecule has 1 N–H and O–H groups in total. The number of benzene rings is 2. The number of carbonyl (C=O) groups is 1. The van der Waals surface area contributed by atoms with E-state index in [1.54, 1.807) is 32.6 Å². The lowest BCUT2D eigenvalue weighted by Gasteiger charge is -2.11. The minimum atomic E-state index is -0.235. The van der Waals surface area contributed by atoms with Crippen LogP contribution < -0.4 is 24.4 Å². The van der Waals surface area contributed by atoms with Gasteiger partial charge in [-0.05, 0) is 54.8 Å². The van der Waals surface area contributed by atoms with E-state index in [9.17, 15) is 4.79 Å². The minimum absolute atomic E-state index is 0.172. The summed E-state index contributed by atoms with van der Waals surface area (Å²) in [5.41, 5.74) is 4.13. The quantitative estimate of drug-likeness (QED) is 0.461. The fourth-order valence-electron chi connectivity index (χ4n) is 2.60. The summed E-state index contributed by atoms with van der Waals surface area (Å²) >= 11 is 0. The van der Waals surface area contributed by atoms with E-state index in [4.69, 9.17) is 18.9 Å². The van der Waals surface area contributed by atoms with Crippen molar-refractivity contribution in [3.8, 4) is 23.0 Å². The number of nitrogens with one attached hydrogen (secondary N) is 1. The molecule has 2 aromatic rings. The number of hydrogen-bond acceptors (Lipinski definition) is 6. The number of nitrogens with zero attached hydrogens (tertiary/aromatic N) is 1. The fraction of sp³-hybridized carbons (Fsp3) is 0.364. The lowest BCUT2D eigenvalue weighted by molar-refractivity contribution is -0.120. The minimum Gasteiger partial charge on any atom is -0.493 e. The number of rotatable bonds is 11. The molecule has 0 heterocycles. The number of carbonyl (C=O) groups excluding carboxylic acids is 1. The predicted octanol–water partition coefficient (Wildman–Crippen LogP) is 3.58. The molecule has 0 spiro atoms. The van der Waals surface area contributed by atoms with Crippen LogP contribution in [0.1, 0.15) is 31.4 Å². The van der Waals surface area contributed by atoms with Crippen molar-refractivity contribution in [2.45, 2.75) is 26.7 Å². The summed E-state index contributed by atoms with van der Waals surface area (Å²) in [5, 5.41) is 4.03. The van der Waals surface area contributed by atoms with Gasteiger partial charge in [0.05, 0.1) is 40.1 Å². The van der Waals surface area contributed by atoms with Gasteiger partial charge in [-0.25, -0.2) is 5.43 Å². The molecule has 0 aliphatic carbocycles. The highest BCUT2D eigenvalue weighted by molar-refractivity contribution is 5.84. The molecular weight excluding hydrogens is 372 g/mol. The fourth-order valence-corrected chi connectivity index (χ4v) is 2.60. The summed E-state index contributed by atoms with van der Waals surface area (Å²) in [5.74, 6) is 2.31. The molecule has 29 heavy (non-hydrogen) atoms. The van der Waals surface area contributed by atoms with E-state index in [1.165, 1.54) is 0 Å². The predicted molar refractivity (Wildman–Crippen MR) is 112 cm³/mol. The van der Waals surface area contributed by atoms with Gasteiger partial charge in [0, 0.05) is 0 Å². The second-order valence-electron chi connectivity index (χ2n) is 6.15. The van der Waals surface area contributed by atoms with Crippen LogP contribution >= 0.6 is 0 Å². The first-order valence-corrected chi connectivity index (χ1v) is 9.53. The Balaban J connectivity index is 1.98. The highest BCUT2D eigenvalue weighted by atomic mass is 16.5. The summed E-state index contributed by atoms with van der Waals surface area (Å²) in [6, 6.07) is 10.9. The van der Waals surface area contributed by atoms with Crippen molar-refractivity contribution in [2.24, 2.45) is 5.10 Å². The van der Waals surface area contributed by atoms with Crippen LogP contribution in [0.25, 0.3) is 0 Å². The molecule has 0 saturated carbocycles. The van der Waals surface area contributed by atoms with Gasteiger partial charge in [-0.2, -0.15) is 5.10 Å². The van der Waals surface area contributed by atoms with Crippen molar-refractivity contribution in [3.63, 3.8) is 0 Å². The molecule has 7 heteroatoms. The van der Waals surface area contributed by atoms with Gasteiger partial charge in [0.15, 0.2) is 23.0 Å². The Morgan fingerprint density at radius 3 is 2.41 bits per heavy atom. The van der Waals surface area contributed by atoms with Crippen molar-refractivity contribution < 1.29 is 23.7 Å². The molecule has 0 fully saturated rings. The Hall–Kier alpha value is -3.22. The average molecular weight is 400 g/mol. The lowest BCUT2D eigenvalue weighted by atomic mass is 10.1. The second-order valence-corrected chi connectivity index (χ2v) is 6.15. The maximum absolute atomic E-state index is 12.2. The molecule has 156 valence electrons. The standard InChI is InChI=1S/C22H28N2O5/c1-5-11-29-19-10-8-17(13-21(19)28-6-2)15-23-24-22(25)14-16-7-9-18(26-3)20(12-16)27-4/h7-10,12-13,15H,5-6,11,14H2,1-4H3,(H,24,25)/b23-15+.